The fraction of sp³-hybridized carbons (Fsp3) is 0.440. The van der Waals surface area contributed by atoms with Crippen LogP contribution < -0.4 is 14.7 Å². The van der Waals surface area contributed by atoms with Crippen LogP contribution in [0.5, 0.6) is 0 Å². The van der Waals surface area contributed by atoms with Gasteiger partial charge in [-0.25, -0.2) is 4.79 Å². The molecule has 0 aliphatic carbocycles. The standard InChI is InChI=1S/C25H31N3O4/c1-4-27(21-8-6-20(7-9-21)26-11-13-32-14-12-26)24-15-17(2)28(18(3)29)23-10-5-19(25(30)31)16-22(23)24/h5-10,16-17,24H,4,11-15H2,1-3H3,(H,30,31). The van der Waals surface area contributed by atoms with Crippen molar-refractivity contribution in [2.45, 2.75) is 39.3 Å². The molecule has 0 radical (unpaired) electrons. The highest BCUT2D eigenvalue weighted by atomic mass is 16.5. The molecular weight excluding hydrogens is 406 g/mol. The van der Waals surface area contributed by atoms with Crippen molar-refractivity contribution < 1.29 is 19.4 Å². The van der Waals surface area contributed by atoms with E-state index in [1.54, 1.807) is 30.0 Å². The van der Waals surface area contributed by atoms with E-state index in [2.05, 4.69) is 47.9 Å². The summed E-state index contributed by atoms with van der Waals surface area (Å²) < 4.78 is 5.46. The molecule has 0 saturated carbocycles. The third-order valence-corrected chi connectivity index (χ3v) is 6.51. The molecule has 0 bridgehead atoms. The second-order valence-corrected chi connectivity index (χ2v) is 8.47. The number of nitrogens with zero attached hydrogens (tertiary/aromatic N) is 3. The molecule has 0 spiro atoms. The molecule has 170 valence electrons. The number of anilines is 3. The molecule has 1 fully saturated rings. The zero-order valence-electron chi connectivity index (χ0n) is 19.0. The zero-order valence-corrected chi connectivity index (χ0v) is 19.0. The average Bonchev–Trinajstić information content (AvgIpc) is 2.80. The summed E-state index contributed by atoms with van der Waals surface area (Å²) in [6, 6.07) is 13.6. The molecule has 32 heavy (non-hydrogen) atoms. The number of rotatable bonds is 5. The second kappa shape index (κ2) is 9.20. The summed E-state index contributed by atoms with van der Waals surface area (Å²) in [5.41, 5.74) is 4.20. The van der Waals surface area contributed by atoms with E-state index < -0.39 is 5.97 Å². The van der Waals surface area contributed by atoms with Gasteiger partial charge in [-0.1, -0.05) is 0 Å². The molecule has 1 N–H and O–H groups in total. The third kappa shape index (κ3) is 4.17. The largest absolute Gasteiger partial charge is 0.478 e. The first kappa shape index (κ1) is 22.1. The Hall–Kier alpha value is -3.06. The number of carbonyl (C=O) groups is 2. The van der Waals surface area contributed by atoms with Gasteiger partial charge in [-0.05, 0) is 68.3 Å². The monoisotopic (exact) mass is 437 g/mol. The van der Waals surface area contributed by atoms with Gasteiger partial charge in [-0.2, -0.15) is 0 Å². The summed E-state index contributed by atoms with van der Waals surface area (Å²) in [6.45, 7) is 9.78. The molecule has 2 unspecified atom stereocenters. The van der Waals surface area contributed by atoms with Crippen LogP contribution in [0, 0.1) is 0 Å². The number of ether oxygens (including phenoxy) is 1. The quantitative estimate of drug-likeness (QED) is 0.764. The van der Waals surface area contributed by atoms with Gasteiger partial charge in [0.2, 0.25) is 5.91 Å². The van der Waals surface area contributed by atoms with Crippen molar-refractivity contribution in [2.75, 3.05) is 47.5 Å². The number of amides is 1. The van der Waals surface area contributed by atoms with Crippen LogP contribution in [-0.2, 0) is 9.53 Å². The van der Waals surface area contributed by atoms with E-state index >= 15 is 0 Å². The van der Waals surface area contributed by atoms with Gasteiger partial charge < -0.3 is 24.5 Å². The molecule has 7 heteroatoms. The number of hydrogen-bond donors (Lipinski definition) is 1. The minimum atomic E-state index is -0.961. The molecule has 4 rings (SSSR count). The Morgan fingerprint density at radius 3 is 2.41 bits per heavy atom. The molecule has 1 amide bonds. The van der Waals surface area contributed by atoms with Crippen molar-refractivity contribution in [1.82, 2.24) is 0 Å². The van der Waals surface area contributed by atoms with E-state index in [1.165, 1.54) is 5.69 Å². The zero-order chi connectivity index (χ0) is 22.8. The van der Waals surface area contributed by atoms with Gasteiger partial charge in [-0.3, -0.25) is 4.79 Å². The highest BCUT2D eigenvalue weighted by Crippen LogP contribution is 2.42. The molecule has 2 aromatic rings. The van der Waals surface area contributed by atoms with E-state index in [0.29, 0.717) is 0 Å². The molecule has 2 aliphatic rings. The third-order valence-electron chi connectivity index (χ3n) is 6.51. The highest BCUT2D eigenvalue weighted by Gasteiger charge is 2.35. The minimum absolute atomic E-state index is 0.0161. The first-order chi connectivity index (χ1) is 15.4. The number of carboxylic acids is 1. The van der Waals surface area contributed by atoms with Crippen LogP contribution in [0.15, 0.2) is 42.5 Å². The van der Waals surface area contributed by atoms with Crippen molar-refractivity contribution in [3.63, 3.8) is 0 Å². The Morgan fingerprint density at radius 2 is 1.81 bits per heavy atom. The lowest BCUT2D eigenvalue weighted by Gasteiger charge is -2.44. The van der Waals surface area contributed by atoms with Crippen molar-refractivity contribution in [1.29, 1.82) is 0 Å². The number of aromatic carboxylic acids is 1. The van der Waals surface area contributed by atoms with Crippen LogP contribution in [0.3, 0.4) is 0 Å². The van der Waals surface area contributed by atoms with E-state index in [9.17, 15) is 14.7 Å². The van der Waals surface area contributed by atoms with Crippen LogP contribution in [0.1, 0.15) is 49.2 Å². The Balaban J connectivity index is 1.70. The Labute approximate surface area is 189 Å². The summed E-state index contributed by atoms with van der Waals surface area (Å²) in [4.78, 5) is 30.5. The summed E-state index contributed by atoms with van der Waals surface area (Å²) >= 11 is 0. The van der Waals surface area contributed by atoms with Gasteiger partial charge in [0.1, 0.15) is 0 Å². The van der Waals surface area contributed by atoms with Gasteiger partial charge in [-0.15, -0.1) is 0 Å². The number of hydrogen-bond acceptors (Lipinski definition) is 5. The number of morpholine rings is 1. The second-order valence-electron chi connectivity index (χ2n) is 8.47. The molecular formula is C25H31N3O4. The van der Waals surface area contributed by atoms with Gasteiger partial charge >= 0.3 is 5.97 Å². The summed E-state index contributed by atoms with van der Waals surface area (Å²) in [7, 11) is 0. The predicted molar refractivity (Wildman–Crippen MR) is 126 cm³/mol. The van der Waals surface area contributed by atoms with Gasteiger partial charge in [0.25, 0.3) is 0 Å². The lowest BCUT2D eigenvalue weighted by atomic mass is 9.88. The van der Waals surface area contributed by atoms with Gasteiger partial charge in [0, 0.05) is 49.7 Å². The lowest BCUT2D eigenvalue weighted by molar-refractivity contribution is -0.117. The Bertz CT molecular complexity index is 985. The SMILES string of the molecule is CCN(c1ccc(N2CCOCC2)cc1)C1CC(C)N(C(C)=O)c2ccc(C(=O)O)cc21. The van der Waals surface area contributed by atoms with Crippen molar-refractivity contribution in [3.8, 4) is 0 Å². The molecule has 7 nitrogen and oxygen atoms in total. The minimum Gasteiger partial charge on any atom is -0.478 e. The molecule has 2 aliphatic heterocycles. The smallest absolute Gasteiger partial charge is 0.335 e. The number of benzene rings is 2. The average molecular weight is 438 g/mol. The molecule has 2 aromatic carbocycles. The normalized spacial score (nSPS) is 20.6. The molecule has 2 heterocycles. The van der Waals surface area contributed by atoms with E-state index in [4.69, 9.17) is 4.74 Å². The Morgan fingerprint density at radius 1 is 1.12 bits per heavy atom. The summed E-state index contributed by atoms with van der Waals surface area (Å²) in [5.74, 6) is -0.990. The van der Waals surface area contributed by atoms with Crippen molar-refractivity contribution in [3.05, 3.63) is 53.6 Å². The summed E-state index contributed by atoms with van der Waals surface area (Å²) in [6.07, 6.45) is 0.731. The lowest BCUT2D eigenvalue weighted by Crippen LogP contribution is -2.45. The van der Waals surface area contributed by atoms with E-state index in [1.807, 2.05) is 0 Å². The first-order valence-electron chi connectivity index (χ1n) is 11.3. The molecule has 1 saturated heterocycles. The topological polar surface area (TPSA) is 73.3 Å². The van der Waals surface area contributed by atoms with Crippen LogP contribution >= 0.6 is 0 Å². The fourth-order valence-electron chi connectivity index (χ4n) is 5.00. The molecule has 2 atom stereocenters. The highest BCUT2D eigenvalue weighted by molar-refractivity contribution is 5.95. The first-order valence-corrected chi connectivity index (χ1v) is 11.3. The van der Waals surface area contributed by atoms with E-state index in [-0.39, 0.29) is 23.6 Å². The summed E-state index contributed by atoms with van der Waals surface area (Å²) in [5, 5.41) is 9.56. The maximum Gasteiger partial charge on any atom is 0.335 e. The Kier molecular flexibility index (Phi) is 6.37. The van der Waals surface area contributed by atoms with Crippen LogP contribution in [0.2, 0.25) is 0 Å². The number of carbonyl (C=O) groups excluding carboxylic acids is 1. The fourth-order valence-corrected chi connectivity index (χ4v) is 5.00. The van der Waals surface area contributed by atoms with Gasteiger partial charge in [0.15, 0.2) is 0 Å². The number of fused-ring (bicyclic) bond motifs is 1. The van der Waals surface area contributed by atoms with E-state index in [0.717, 1.165) is 56.2 Å². The van der Waals surface area contributed by atoms with Crippen LogP contribution in [-0.4, -0.2) is 55.9 Å². The van der Waals surface area contributed by atoms with Crippen molar-refractivity contribution in [2.24, 2.45) is 0 Å². The molecule has 0 aromatic heterocycles. The van der Waals surface area contributed by atoms with Crippen molar-refractivity contribution >= 4 is 28.9 Å². The maximum absolute atomic E-state index is 12.4. The van der Waals surface area contributed by atoms with Gasteiger partial charge in [0.05, 0.1) is 24.8 Å². The number of carboxylic acid groups (broad SMARTS) is 1. The van der Waals surface area contributed by atoms with Crippen LogP contribution in [0.4, 0.5) is 17.1 Å². The predicted octanol–water partition coefficient (Wildman–Crippen LogP) is 3.93. The van der Waals surface area contributed by atoms with Crippen LogP contribution in [0.25, 0.3) is 0 Å². The maximum atomic E-state index is 12.4.